The number of anilines is 2. The fourth-order valence-corrected chi connectivity index (χ4v) is 4.19. The van der Waals surface area contributed by atoms with Gasteiger partial charge in [-0.1, -0.05) is 12.8 Å². The van der Waals surface area contributed by atoms with Crippen LogP contribution in [0.3, 0.4) is 0 Å². The summed E-state index contributed by atoms with van der Waals surface area (Å²) in [5, 5.41) is 6.84. The molecule has 0 spiro atoms. The molecule has 8 heteroatoms. The van der Waals surface area contributed by atoms with Gasteiger partial charge in [-0.25, -0.2) is 4.98 Å². The van der Waals surface area contributed by atoms with Crippen molar-refractivity contribution in [2.75, 3.05) is 23.7 Å². The minimum absolute atomic E-state index is 0.335. The average molecular weight is 358 g/mol. The lowest BCUT2D eigenvalue weighted by atomic mass is 9.92. The van der Waals surface area contributed by atoms with Gasteiger partial charge in [-0.15, -0.1) is 0 Å². The fourth-order valence-electron chi connectivity index (χ4n) is 4.19. The highest BCUT2D eigenvalue weighted by Gasteiger charge is 2.23. The summed E-state index contributed by atoms with van der Waals surface area (Å²) in [4.78, 5) is 14.1. The lowest BCUT2D eigenvalue weighted by molar-refractivity contribution is 0.410. The standard InChI is InChI=1S/C18H30N8/c19-9-10-21-16-15-17(26(11-22-15)14-3-1-2-4-14)25-18(24-16)23-13-7-5-12(20)6-8-13/h11-14H,1-10,19-20H2,(H2,21,23,24,25). The Hall–Kier alpha value is -1.93. The number of nitrogens with two attached hydrogens (primary N) is 2. The molecule has 8 nitrogen and oxygen atoms in total. The summed E-state index contributed by atoms with van der Waals surface area (Å²) in [6.07, 6.45) is 11.1. The molecule has 2 fully saturated rings. The Bertz CT molecular complexity index is 728. The van der Waals surface area contributed by atoms with Crippen LogP contribution in [-0.2, 0) is 0 Å². The number of nitrogens with one attached hydrogen (secondary N) is 2. The molecule has 0 saturated heterocycles. The number of hydrogen-bond acceptors (Lipinski definition) is 7. The van der Waals surface area contributed by atoms with E-state index in [2.05, 4.69) is 20.2 Å². The molecule has 0 amide bonds. The molecular formula is C18H30N8. The maximum absolute atomic E-state index is 6.03. The van der Waals surface area contributed by atoms with Crippen molar-refractivity contribution in [3.05, 3.63) is 6.33 Å². The van der Waals surface area contributed by atoms with Crippen LogP contribution in [0.2, 0.25) is 0 Å². The maximum atomic E-state index is 6.03. The number of nitrogens with zero attached hydrogens (tertiary/aromatic N) is 4. The van der Waals surface area contributed by atoms with Gasteiger partial charge in [0.15, 0.2) is 17.0 Å². The molecule has 0 aliphatic heterocycles. The van der Waals surface area contributed by atoms with Crippen LogP contribution in [0.1, 0.15) is 57.4 Å². The number of fused-ring (bicyclic) bond motifs is 1. The van der Waals surface area contributed by atoms with Crippen molar-refractivity contribution in [3.8, 4) is 0 Å². The number of hydrogen-bond donors (Lipinski definition) is 4. The lowest BCUT2D eigenvalue weighted by Gasteiger charge is -2.27. The third-order valence-corrected chi connectivity index (χ3v) is 5.68. The van der Waals surface area contributed by atoms with Crippen LogP contribution < -0.4 is 22.1 Å². The van der Waals surface area contributed by atoms with Crippen LogP contribution >= 0.6 is 0 Å². The monoisotopic (exact) mass is 358 g/mol. The molecule has 0 unspecified atom stereocenters. The normalized spacial score (nSPS) is 24.2. The van der Waals surface area contributed by atoms with Gasteiger partial charge in [-0.05, 0) is 38.5 Å². The Morgan fingerprint density at radius 1 is 1.08 bits per heavy atom. The van der Waals surface area contributed by atoms with Crippen LogP contribution in [0.5, 0.6) is 0 Å². The van der Waals surface area contributed by atoms with Crippen molar-refractivity contribution < 1.29 is 0 Å². The Labute approximate surface area is 154 Å². The zero-order valence-corrected chi connectivity index (χ0v) is 15.3. The van der Waals surface area contributed by atoms with Crippen molar-refractivity contribution in [2.24, 2.45) is 11.5 Å². The molecule has 2 aromatic rings. The highest BCUT2D eigenvalue weighted by atomic mass is 15.2. The molecule has 4 rings (SSSR count). The van der Waals surface area contributed by atoms with Crippen LogP contribution in [0.15, 0.2) is 6.33 Å². The molecule has 2 aromatic heterocycles. The van der Waals surface area contributed by atoms with Crippen LogP contribution in [-0.4, -0.2) is 44.7 Å². The fraction of sp³-hybridized carbons (Fsp3) is 0.722. The van der Waals surface area contributed by atoms with Crippen molar-refractivity contribution in [1.82, 2.24) is 19.5 Å². The van der Waals surface area contributed by atoms with E-state index in [1.54, 1.807) is 0 Å². The number of aromatic nitrogens is 4. The van der Waals surface area contributed by atoms with E-state index < -0.39 is 0 Å². The van der Waals surface area contributed by atoms with E-state index in [9.17, 15) is 0 Å². The SMILES string of the molecule is NCCNc1nc(NC2CCC(N)CC2)nc2c1ncn2C1CCCC1. The summed E-state index contributed by atoms with van der Waals surface area (Å²) in [5.41, 5.74) is 13.4. The largest absolute Gasteiger partial charge is 0.367 e. The first kappa shape index (κ1) is 17.5. The van der Waals surface area contributed by atoms with Crippen LogP contribution in [0.25, 0.3) is 11.2 Å². The molecule has 0 atom stereocenters. The minimum Gasteiger partial charge on any atom is -0.367 e. The zero-order valence-electron chi connectivity index (χ0n) is 15.3. The van der Waals surface area contributed by atoms with E-state index in [-0.39, 0.29) is 0 Å². The van der Waals surface area contributed by atoms with Gasteiger partial charge in [-0.3, -0.25) is 0 Å². The Balaban J connectivity index is 1.64. The third kappa shape index (κ3) is 3.61. The average Bonchev–Trinajstić information content (AvgIpc) is 3.31. The maximum Gasteiger partial charge on any atom is 0.227 e. The zero-order chi connectivity index (χ0) is 17.9. The van der Waals surface area contributed by atoms with Crippen LogP contribution in [0, 0.1) is 0 Å². The molecule has 2 aliphatic rings. The minimum atomic E-state index is 0.335. The molecule has 2 saturated carbocycles. The summed E-state index contributed by atoms with van der Waals surface area (Å²) in [5.74, 6) is 1.45. The Morgan fingerprint density at radius 2 is 1.85 bits per heavy atom. The summed E-state index contributed by atoms with van der Waals surface area (Å²) in [7, 11) is 0. The molecule has 0 bridgehead atoms. The molecule has 2 heterocycles. The van der Waals surface area contributed by atoms with Crippen LogP contribution in [0.4, 0.5) is 11.8 Å². The molecule has 0 radical (unpaired) electrons. The first-order valence-corrected chi connectivity index (χ1v) is 9.95. The molecule has 0 aromatic carbocycles. The molecule has 6 N–H and O–H groups in total. The smallest absolute Gasteiger partial charge is 0.227 e. The summed E-state index contributed by atoms with van der Waals surface area (Å²) < 4.78 is 2.24. The number of imidazole rings is 1. The van der Waals surface area contributed by atoms with Gasteiger partial charge >= 0.3 is 0 Å². The summed E-state index contributed by atoms with van der Waals surface area (Å²) in [6, 6.07) is 1.22. The Kier molecular flexibility index (Phi) is 5.21. The van der Waals surface area contributed by atoms with Crippen molar-refractivity contribution in [3.63, 3.8) is 0 Å². The van der Waals surface area contributed by atoms with E-state index >= 15 is 0 Å². The highest BCUT2D eigenvalue weighted by molar-refractivity contribution is 5.84. The molecule has 2 aliphatic carbocycles. The van der Waals surface area contributed by atoms with Gasteiger partial charge < -0.3 is 26.7 Å². The topological polar surface area (TPSA) is 120 Å². The van der Waals surface area contributed by atoms with E-state index in [0.29, 0.717) is 37.2 Å². The second-order valence-electron chi connectivity index (χ2n) is 7.63. The van der Waals surface area contributed by atoms with Gasteiger partial charge in [0.1, 0.15) is 0 Å². The van der Waals surface area contributed by atoms with Gasteiger partial charge in [0, 0.05) is 31.2 Å². The first-order valence-electron chi connectivity index (χ1n) is 9.95. The first-order chi connectivity index (χ1) is 12.7. The molecule has 26 heavy (non-hydrogen) atoms. The third-order valence-electron chi connectivity index (χ3n) is 5.68. The van der Waals surface area contributed by atoms with E-state index in [1.165, 1.54) is 25.7 Å². The molecular weight excluding hydrogens is 328 g/mol. The van der Waals surface area contributed by atoms with Crippen molar-refractivity contribution in [2.45, 2.75) is 69.5 Å². The van der Waals surface area contributed by atoms with E-state index in [4.69, 9.17) is 21.4 Å². The Morgan fingerprint density at radius 3 is 2.58 bits per heavy atom. The summed E-state index contributed by atoms with van der Waals surface area (Å²) in [6.45, 7) is 1.22. The second kappa shape index (κ2) is 7.75. The highest BCUT2D eigenvalue weighted by Crippen LogP contribution is 2.33. The summed E-state index contributed by atoms with van der Waals surface area (Å²) >= 11 is 0. The number of rotatable bonds is 6. The van der Waals surface area contributed by atoms with Crippen molar-refractivity contribution in [1.29, 1.82) is 0 Å². The predicted octanol–water partition coefficient (Wildman–Crippen LogP) is 1.99. The van der Waals surface area contributed by atoms with Gasteiger partial charge in [0.25, 0.3) is 0 Å². The van der Waals surface area contributed by atoms with Gasteiger partial charge in [0.05, 0.1) is 6.33 Å². The quantitative estimate of drug-likeness (QED) is 0.623. The predicted molar refractivity (Wildman–Crippen MR) is 104 cm³/mol. The van der Waals surface area contributed by atoms with Crippen molar-refractivity contribution >= 4 is 22.9 Å². The lowest BCUT2D eigenvalue weighted by Crippen LogP contribution is -2.33. The molecule has 142 valence electrons. The van der Waals surface area contributed by atoms with Gasteiger partial charge in [-0.2, -0.15) is 9.97 Å². The van der Waals surface area contributed by atoms with E-state index in [1.807, 2.05) is 6.33 Å². The van der Waals surface area contributed by atoms with E-state index in [0.717, 1.165) is 42.7 Å². The van der Waals surface area contributed by atoms with Gasteiger partial charge in [0.2, 0.25) is 5.95 Å². The second-order valence-corrected chi connectivity index (χ2v) is 7.63.